The predicted molar refractivity (Wildman–Crippen MR) is 74.2 cm³/mol. The second kappa shape index (κ2) is 7.06. The first-order valence-corrected chi connectivity index (χ1v) is 6.28. The Labute approximate surface area is 116 Å². The molecule has 0 spiro atoms. The number of anilines is 1. The molecule has 1 aromatic rings. The fraction of sp³-hybridized carbons (Fsp3) is 0.417. The molecule has 104 valence electrons. The van der Waals surface area contributed by atoms with Gasteiger partial charge in [-0.2, -0.15) is 0 Å². The summed E-state index contributed by atoms with van der Waals surface area (Å²) in [5, 5.41) is 13.3. The summed E-state index contributed by atoms with van der Waals surface area (Å²) in [6.45, 7) is 2.35. The topological polar surface area (TPSA) is 98.3 Å². The van der Waals surface area contributed by atoms with Gasteiger partial charge in [0.25, 0.3) is 5.69 Å². The monoisotopic (exact) mass is 285 g/mol. The number of carbonyl (C=O) groups excluding carboxylic acids is 1. The number of rotatable bonds is 6. The number of nitrogens with one attached hydrogen (secondary N) is 1. The zero-order valence-electron chi connectivity index (χ0n) is 10.6. The van der Waals surface area contributed by atoms with Gasteiger partial charge in [0, 0.05) is 17.7 Å². The van der Waals surface area contributed by atoms with Crippen molar-refractivity contribution in [1.82, 2.24) is 0 Å². The highest BCUT2D eigenvalue weighted by Gasteiger charge is 2.15. The van der Waals surface area contributed by atoms with Gasteiger partial charge in [-0.15, -0.1) is 0 Å². The molecule has 0 heterocycles. The van der Waals surface area contributed by atoms with Crippen molar-refractivity contribution in [2.24, 2.45) is 11.7 Å². The number of benzene rings is 1. The Morgan fingerprint density at radius 2 is 2.26 bits per heavy atom. The van der Waals surface area contributed by atoms with Crippen molar-refractivity contribution in [3.63, 3.8) is 0 Å². The van der Waals surface area contributed by atoms with Gasteiger partial charge in [-0.25, -0.2) is 0 Å². The third-order valence-electron chi connectivity index (χ3n) is 2.70. The normalized spacial score (nSPS) is 11.9. The SMILES string of the molecule is CC(CCCN)C(=O)Nc1ccc([N+](=O)[O-])c(Cl)c1. The Kier molecular flexibility index (Phi) is 5.72. The maximum Gasteiger partial charge on any atom is 0.288 e. The molecule has 3 N–H and O–H groups in total. The van der Waals surface area contributed by atoms with Crippen LogP contribution < -0.4 is 11.1 Å². The minimum Gasteiger partial charge on any atom is -0.330 e. The van der Waals surface area contributed by atoms with E-state index in [1.54, 1.807) is 6.92 Å². The third-order valence-corrected chi connectivity index (χ3v) is 3.00. The first-order chi connectivity index (χ1) is 8.95. The van der Waals surface area contributed by atoms with Gasteiger partial charge < -0.3 is 11.1 Å². The molecule has 7 heteroatoms. The first-order valence-electron chi connectivity index (χ1n) is 5.90. The van der Waals surface area contributed by atoms with Crippen LogP contribution in [0, 0.1) is 16.0 Å². The predicted octanol–water partition coefficient (Wildman–Crippen LogP) is 2.56. The standard InChI is InChI=1S/C12H16ClN3O3/c1-8(3-2-6-14)12(17)15-9-4-5-11(16(18)19)10(13)7-9/h4-5,7-8H,2-3,6,14H2,1H3,(H,15,17). The van der Waals surface area contributed by atoms with Crippen LogP contribution in [0.2, 0.25) is 5.02 Å². The number of nitro groups is 1. The van der Waals surface area contributed by atoms with Crippen LogP contribution in [0.3, 0.4) is 0 Å². The maximum atomic E-state index is 11.8. The average molecular weight is 286 g/mol. The fourth-order valence-electron chi connectivity index (χ4n) is 1.55. The van der Waals surface area contributed by atoms with Crippen molar-refractivity contribution < 1.29 is 9.72 Å². The van der Waals surface area contributed by atoms with E-state index in [9.17, 15) is 14.9 Å². The van der Waals surface area contributed by atoms with E-state index in [0.717, 1.165) is 6.42 Å². The third kappa shape index (κ3) is 4.50. The van der Waals surface area contributed by atoms with E-state index >= 15 is 0 Å². The number of halogens is 1. The molecule has 6 nitrogen and oxygen atoms in total. The molecular weight excluding hydrogens is 270 g/mol. The Hall–Kier alpha value is -1.66. The Balaban J connectivity index is 2.70. The number of nitro benzene ring substituents is 1. The van der Waals surface area contributed by atoms with E-state index < -0.39 is 4.92 Å². The van der Waals surface area contributed by atoms with Crippen LogP contribution in [-0.2, 0) is 4.79 Å². The Bertz CT molecular complexity index is 479. The molecule has 0 aromatic heterocycles. The van der Waals surface area contributed by atoms with Crippen molar-refractivity contribution in [2.75, 3.05) is 11.9 Å². The van der Waals surface area contributed by atoms with Crippen molar-refractivity contribution in [3.05, 3.63) is 33.3 Å². The van der Waals surface area contributed by atoms with Crippen LogP contribution in [-0.4, -0.2) is 17.4 Å². The first kappa shape index (κ1) is 15.4. The van der Waals surface area contributed by atoms with Gasteiger partial charge in [0.15, 0.2) is 0 Å². The molecule has 1 amide bonds. The van der Waals surface area contributed by atoms with Crippen LogP contribution in [0.25, 0.3) is 0 Å². The van der Waals surface area contributed by atoms with Crippen LogP contribution in [0.15, 0.2) is 18.2 Å². The molecule has 0 radical (unpaired) electrons. The summed E-state index contributed by atoms with van der Waals surface area (Å²) in [6, 6.07) is 4.09. The summed E-state index contributed by atoms with van der Waals surface area (Å²) in [4.78, 5) is 21.9. The van der Waals surface area contributed by atoms with E-state index in [1.165, 1.54) is 18.2 Å². The molecule has 0 bridgehead atoms. The molecule has 1 atom stereocenters. The smallest absolute Gasteiger partial charge is 0.288 e. The summed E-state index contributed by atoms with van der Waals surface area (Å²) in [6.07, 6.45) is 1.47. The van der Waals surface area contributed by atoms with Crippen LogP contribution in [0.4, 0.5) is 11.4 Å². The lowest BCUT2D eigenvalue weighted by atomic mass is 10.0. The van der Waals surface area contributed by atoms with Gasteiger partial charge >= 0.3 is 0 Å². The Morgan fingerprint density at radius 3 is 2.79 bits per heavy atom. The number of nitrogens with two attached hydrogens (primary N) is 1. The zero-order valence-corrected chi connectivity index (χ0v) is 11.3. The van der Waals surface area contributed by atoms with Crippen molar-refractivity contribution in [3.8, 4) is 0 Å². The van der Waals surface area contributed by atoms with Crippen molar-refractivity contribution in [1.29, 1.82) is 0 Å². The fourth-order valence-corrected chi connectivity index (χ4v) is 1.80. The van der Waals surface area contributed by atoms with Crippen LogP contribution in [0.1, 0.15) is 19.8 Å². The summed E-state index contributed by atoms with van der Waals surface area (Å²) in [5.74, 6) is -0.323. The van der Waals surface area contributed by atoms with Gasteiger partial charge in [0.2, 0.25) is 5.91 Å². The molecule has 0 aliphatic carbocycles. The number of amides is 1. The van der Waals surface area contributed by atoms with E-state index in [0.29, 0.717) is 18.7 Å². The molecule has 1 unspecified atom stereocenters. The van der Waals surface area contributed by atoms with Gasteiger partial charge in [0.1, 0.15) is 5.02 Å². The lowest BCUT2D eigenvalue weighted by Gasteiger charge is -2.11. The van der Waals surface area contributed by atoms with Gasteiger partial charge in [-0.3, -0.25) is 14.9 Å². The molecule has 1 rings (SSSR count). The number of hydrogen-bond donors (Lipinski definition) is 2. The summed E-state index contributed by atoms with van der Waals surface area (Å²) < 4.78 is 0. The van der Waals surface area contributed by atoms with Gasteiger partial charge in [0.05, 0.1) is 4.92 Å². The number of carbonyl (C=O) groups is 1. The quantitative estimate of drug-likeness (QED) is 0.620. The number of hydrogen-bond acceptors (Lipinski definition) is 4. The van der Waals surface area contributed by atoms with Crippen LogP contribution in [0.5, 0.6) is 0 Å². The minimum absolute atomic E-state index is 0.00240. The van der Waals surface area contributed by atoms with Gasteiger partial charge in [-0.1, -0.05) is 18.5 Å². The summed E-state index contributed by atoms with van der Waals surface area (Å²) >= 11 is 5.76. The number of nitrogens with zero attached hydrogens (tertiary/aromatic N) is 1. The summed E-state index contributed by atoms with van der Waals surface area (Å²) in [5.41, 5.74) is 5.64. The molecular formula is C12H16ClN3O3. The molecule has 19 heavy (non-hydrogen) atoms. The summed E-state index contributed by atoms with van der Waals surface area (Å²) in [7, 11) is 0. The lowest BCUT2D eigenvalue weighted by molar-refractivity contribution is -0.384. The van der Waals surface area contributed by atoms with Crippen molar-refractivity contribution in [2.45, 2.75) is 19.8 Å². The second-order valence-electron chi connectivity index (χ2n) is 4.24. The lowest BCUT2D eigenvalue weighted by Crippen LogP contribution is -2.21. The average Bonchev–Trinajstić information content (AvgIpc) is 2.35. The van der Waals surface area contributed by atoms with E-state index in [2.05, 4.69) is 5.32 Å². The molecule has 0 saturated heterocycles. The zero-order chi connectivity index (χ0) is 14.4. The Morgan fingerprint density at radius 1 is 1.58 bits per heavy atom. The van der Waals surface area contributed by atoms with E-state index in [4.69, 9.17) is 17.3 Å². The highest BCUT2D eigenvalue weighted by Crippen LogP contribution is 2.27. The highest BCUT2D eigenvalue weighted by molar-refractivity contribution is 6.33. The molecule has 0 saturated carbocycles. The van der Waals surface area contributed by atoms with Crippen molar-refractivity contribution >= 4 is 28.9 Å². The highest BCUT2D eigenvalue weighted by atomic mass is 35.5. The molecule has 0 fully saturated rings. The van der Waals surface area contributed by atoms with Crippen LogP contribution >= 0.6 is 11.6 Å². The second-order valence-corrected chi connectivity index (χ2v) is 4.65. The molecule has 0 aliphatic heterocycles. The minimum atomic E-state index is -0.572. The molecule has 1 aromatic carbocycles. The van der Waals surface area contributed by atoms with E-state index in [1.807, 2.05) is 0 Å². The largest absolute Gasteiger partial charge is 0.330 e. The molecule has 0 aliphatic rings. The van der Waals surface area contributed by atoms with Gasteiger partial charge in [-0.05, 0) is 31.5 Å². The maximum absolute atomic E-state index is 11.8. The van der Waals surface area contributed by atoms with E-state index in [-0.39, 0.29) is 22.5 Å².